The molecule has 0 aliphatic carbocycles. The van der Waals surface area contributed by atoms with E-state index in [2.05, 4.69) is 6.07 Å². The standard InChI is InChI=1S/C19H18N2O5/c1-12-5-6-13(8-16(12)21(22)23)7-15(11-20)14-9-17(24-2)19(26-4)18(10-14)25-3/h5-10H,1-4H3. The first-order valence-corrected chi connectivity index (χ1v) is 7.62. The van der Waals surface area contributed by atoms with E-state index in [1.54, 1.807) is 37.3 Å². The van der Waals surface area contributed by atoms with Gasteiger partial charge in [-0.05, 0) is 36.3 Å². The largest absolute Gasteiger partial charge is 0.493 e. The highest BCUT2D eigenvalue weighted by atomic mass is 16.6. The summed E-state index contributed by atoms with van der Waals surface area (Å²) in [5.41, 5.74) is 1.96. The summed E-state index contributed by atoms with van der Waals surface area (Å²) in [6, 6.07) is 10.2. The molecule has 0 N–H and O–H groups in total. The summed E-state index contributed by atoms with van der Waals surface area (Å²) in [7, 11) is 4.47. The van der Waals surface area contributed by atoms with Crippen molar-refractivity contribution in [2.24, 2.45) is 0 Å². The lowest BCUT2D eigenvalue weighted by Crippen LogP contribution is -1.97. The van der Waals surface area contributed by atoms with Gasteiger partial charge in [-0.1, -0.05) is 12.1 Å². The van der Waals surface area contributed by atoms with Crippen molar-refractivity contribution < 1.29 is 19.1 Å². The van der Waals surface area contributed by atoms with Gasteiger partial charge in [0.05, 0.1) is 37.9 Å². The zero-order valence-corrected chi connectivity index (χ0v) is 14.9. The first kappa shape index (κ1) is 18.8. The van der Waals surface area contributed by atoms with Gasteiger partial charge in [0.15, 0.2) is 11.5 Å². The molecule has 0 radical (unpaired) electrons. The van der Waals surface area contributed by atoms with Gasteiger partial charge >= 0.3 is 0 Å². The minimum absolute atomic E-state index is 0.000863. The maximum Gasteiger partial charge on any atom is 0.272 e. The Labute approximate surface area is 151 Å². The van der Waals surface area contributed by atoms with Gasteiger partial charge in [-0.2, -0.15) is 5.26 Å². The second-order valence-corrected chi connectivity index (χ2v) is 5.39. The summed E-state index contributed by atoms with van der Waals surface area (Å²) >= 11 is 0. The van der Waals surface area contributed by atoms with Crippen LogP contribution in [0.2, 0.25) is 0 Å². The van der Waals surface area contributed by atoms with Gasteiger partial charge in [0.2, 0.25) is 5.75 Å². The Balaban J connectivity index is 2.59. The summed E-state index contributed by atoms with van der Waals surface area (Å²) in [6.45, 7) is 1.66. The van der Waals surface area contributed by atoms with E-state index < -0.39 is 4.92 Å². The lowest BCUT2D eigenvalue weighted by Gasteiger charge is -2.13. The van der Waals surface area contributed by atoms with Crippen LogP contribution in [0.25, 0.3) is 11.6 Å². The monoisotopic (exact) mass is 354 g/mol. The Morgan fingerprint density at radius 2 is 1.73 bits per heavy atom. The van der Waals surface area contributed by atoms with Crippen molar-refractivity contribution in [2.45, 2.75) is 6.92 Å². The number of benzene rings is 2. The number of methoxy groups -OCH3 is 3. The molecular formula is C19H18N2O5. The van der Waals surface area contributed by atoms with E-state index in [0.717, 1.165) is 0 Å². The van der Waals surface area contributed by atoms with Crippen LogP contribution in [0.15, 0.2) is 30.3 Å². The molecule has 0 atom stereocenters. The van der Waals surface area contributed by atoms with Crippen molar-refractivity contribution in [1.29, 1.82) is 5.26 Å². The van der Waals surface area contributed by atoms with Crippen LogP contribution in [0.5, 0.6) is 17.2 Å². The fourth-order valence-electron chi connectivity index (χ4n) is 2.50. The number of nitro benzene ring substituents is 1. The van der Waals surface area contributed by atoms with Crippen molar-refractivity contribution in [2.75, 3.05) is 21.3 Å². The summed E-state index contributed by atoms with van der Waals surface area (Å²) in [5.74, 6) is 1.25. The van der Waals surface area contributed by atoms with Crippen LogP contribution >= 0.6 is 0 Å². The van der Waals surface area contributed by atoms with Gasteiger partial charge in [-0.25, -0.2) is 0 Å². The van der Waals surface area contributed by atoms with Crippen LogP contribution in [-0.2, 0) is 0 Å². The number of nitro groups is 1. The van der Waals surface area contributed by atoms with E-state index in [0.29, 0.717) is 39.5 Å². The van der Waals surface area contributed by atoms with Crippen LogP contribution in [0, 0.1) is 28.4 Å². The minimum atomic E-state index is -0.446. The molecule has 0 spiro atoms. The predicted octanol–water partition coefficient (Wildman–Crippen LogP) is 3.99. The third-order valence-electron chi connectivity index (χ3n) is 3.84. The number of aryl methyl sites for hydroxylation is 1. The molecule has 2 rings (SSSR count). The first-order chi connectivity index (χ1) is 12.4. The molecule has 2 aromatic carbocycles. The van der Waals surface area contributed by atoms with Gasteiger partial charge in [0, 0.05) is 11.6 Å². The van der Waals surface area contributed by atoms with Crippen molar-refractivity contribution in [3.05, 3.63) is 57.1 Å². The van der Waals surface area contributed by atoms with Gasteiger partial charge in [-0.15, -0.1) is 0 Å². The average Bonchev–Trinajstić information content (AvgIpc) is 2.65. The quantitative estimate of drug-likeness (QED) is 0.337. The highest BCUT2D eigenvalue weighted by Crippen LogP contribution is 2.40. The minimum Gasteiger partial charge on any atom is -0.493 e. The van der Waals surface area contributed by atoms with Crippen LogP contribution in [0.3, 0.4) is 0 Å². The topological polar surface area (TPSA) is 94.6 Å². The maximum absolute atomic E-state index is 11.1. The maximum atomic E-state index is 11.1. The molecule has 0 bridgehead atoms. The Hall–Kier alpha value is -3.53. The molecule has 0 fully saturated rings. The van der Waals surface area contributed by atoms with Crippen LogP contribution in [-0.4, -0.2) is 26.3 Å². The van der Waals surface area contributed by atoms with E-state index in [-0.39, 0.29) is 5.69 Å². The lowest BCUT2D eigenvalue weighted by atomic mass is 10.0. The molecule has 7 nitrogen and oxygen atoms in total. The summed E-state index contributed by atoms with van der Waals surface area (Å²) < 4.78 is 15.9. The molecule has 0 aliphatic rings. The number of allylic oxidation sites excluding steroid dienone is 1. The number of hydrogen-bond acceptors (Lipinski definition) is 6. The summed E-state index contributed by atoms with van der Waals surface area (Å²) in [4.78, 5) is 10.7. The van der Waals surface area contributed by atoms with Gasteiger partial charge in [0.25, 0.3) is 5.69 Å². The van der Waals surface area contributed by atoms with E-state index in [1.807, 2.05) is 0 Å². The predicted molar refractivity (Wildman–Crippen MR) is 97.4 cm³/mol. The molecule has 0 heterocycles. The summed E-state index contributed by atoms with van der Waals surface area (Å²) in [5, 5.41) is 20.7. The zero-order chi connectivity index (χ0) is 19.3. The van der Waals surface area contributed by atoms with E-state index in [4.69, 9.17) is 14.2 Å². The SMILES string of the molecule is COc1cc(C(C#N)=Cc2ccc(C)c([N+](=O)[O-])c2)cc(OC)c1OC. The van der Waals surface area contributed by atoms with Gasteiger partial charge in [0.1, 0.15) is 0 Å². The fraction of sp³-hybridized carbons (Fsp3) is 0.211. The Kier molecular flexibility index (Phi) is 5.81. The van der Waals surface area contributed by atoms with Crippen LogP contribution < -0.4 is 14.2 Å². The normalized spacial score (nSPS) is 10.8. The number of nitriles is 1. The lowest BCUT2D eigenvalue weighted by molar-refractivity contribution is -0.385. The number of rotatable bonds is 6. The van der Waals surface area contributed by atoms with E-state index in [9.17, 15) is 15.4 Å². The number of hydrogen-bond donors (Lipinski definition) is 0. The van der Waals surface area contributed by atoms with Gasteiger partial charge in [-0.3, -0.25) is 10.1 Å². The van der Waals surface area contributed by atoms with Crippen LogP contribution in [0.4, 0.5) is 5.69 Å². The third-order valence-corrected chi connectivity index (χ3v) is 3.84. The molecular weight excluding hydrogens is 336 g/mol. The van der Waals surface area contributed by atoms with Crippen molar-refractivity contribution in [1.82, 2.24) is 0 Å². The van der Waals surface area contributed by atoms with Crippen molar-refractivity contribution in [3.8, 4) is 23.3 Å². The second kappa shape index (κ2) is 8.03. The first-order valence-electron chi connectivity index (χ1n) is 7.62. The third kappa shape index (κ3) is 3.75. The zero-order valence-electron chi connectivity index (χ0n) is 14.9. The van der Waals surface area contributed by atoms with Crippen molar-refractivity contribution >= 4 is 17.3 Å². The molecule has 134 valence electrons. The number of nitrogens with zero attached hydrogens (tertiary/aromatic N) is 2. The molecule has 26 heavy (non-hydrogen) atoms. The number of ether oxygens (including phenoxy) is 3. The molecule has 7 heteroatoms. The molecule has 0 unspecified atom stereocenters. The van der Waals surface area contributed by atoms with E-state index >= 15 is 0 Å². The smallest absolute Gasteiger partial charge is 0.272 e. The van der Waals surface area contributed by atoms with E-state index in [1.165, 1.54) is 27.4 Å². The summed E-state index contributed by atoms with van der Waals surface area (Å²) in [6.07, 6.45) is 1.58. The Morgan fingerprint density at radius 1 is 1.12 bits per heavy atom. The van der Waals surface area contributed by atoms with Gasteiger partial charge < -0.3 is 14.2 Å². The van der Waals surface area contributed by atoms with Crippen molar-refractivity contribution in [3.63, 3.8) is 0 Å². The highest BCUT2D eigenvalue weighted by molar-refractivity contribution is 5.91. The highest BCUT2D eigenvalue weighted by Gasteiger charge is 2.16. The average molecular weight is 354 g/mol. The molecule has 0 saturated heterocycles. The second-order valence-electron chi connectivity index (χ2n) is 5.39. The molecule has 0 amide bonds. The van der Waals surface area contributed by atoms with Crippen LogP contribution in [0.1, 0.15) is 16.7 Å². The molecule has 0 aliphatic heterocycles. The molecule has 2 aromatic rings. The Bertz CT molecular complexity index is 888. The Morgan fingerprint density at radius 3 is 2.19 bits per heavy atom. The molecule has 0 aromatic heterocycles. The fourth-order valence-corrected chi connectivity index (χ4v) is 2.50. The molecule has 0 saturated carbocycles.